The third kappa shape index (κ3) is 5.08. The van der Waals surface area contributed by atoms with E-state index in [1.54, 1.807) is 0 Å². The smallest absolute Gasteiger partial charge is 0.191 e. The van der Waals surface area contributed by atoms with Gasteiger partial charge >= 0.3 is 0 Å². The van der Waals surface area contributed by atoms with Crippen LogP contribution >= 0.6 is 0 Å². The number of nitrogens with one attached hydrogen (secondary N) is 2. The molecule has 2 aliphatic heterocycles. The van der Waals surface area contributed by atoms with E-state index >= 15 is 0 Å². The molecule has 0 aromatic rings. The lowest BCUT2D eigenvalue weighted by atomic mass is 10.0. The number of guanidine groups is 1. The molecule has 0 aromatic heterocycles. The molecule has 0 radical (unpaired) electrons. The molecule has 2 saturated heterocycles. The van der Waals surface area contributed by atoms with Crippen molar-refractivity contribution in [3.05, 3.63) is 0 Å². The third-order valence-corrected chi connectivity index (χ3v) is 6.12. The van der Waals surface area contributed by atoms with Crippen molar-refractivity contribution < 1.29 is 4.74 Å². The second-order valence-corrected chi connectivity index (χ2v) is 8.41. The van der Waals surface area contributed by atoms with Crippen molar-refractivity contribution in [2.75, 3.05) is 53.0 Å². The van der Waals surface area contributed by atoms with Crippen molar-refractivity contribution in [3.8, 4) is 0 Å². The SMILES string of the molecule is CN=C(NCCN1CCOCC1(C)C)NC1CCN(C2CCCC2)C1. The molecule has 2 N–H and O–H groups in total. The Hall–Kier alpha value is -0.850. The van der Waals surface area contributed by atoms with Crippen molar-refractivity contribution in [3.63, 3.8) is 0 Å². The van der Waals surface area contributed by atoms with Crippen LogP contribution in [0.2, 0.25) is 0 Å². The Bertz CT molecular complexity index is 447. The van der Waals surface area contributed by atoms with Gasteiger partial charge in [0, 0.05) is 57.4 Å². The minimum atomic E-state index is 0.129. The summed E-state index contributed by atoms with van der Waals surface area (Å²) in [7, 11) is 1.87. The van der Waals surface area contributed by atoms with Crippen molar-refractivity contribution in [2.24, 2.45) is 4.99 Å². The summed E-state index contributed by atoms with van der Waals surface area (Å²) < 4.78 is 5.60. The number of hydrogen-bond donors (Lipinski definition) is 2. The summed E-state index contributed by atoms with van der Waals surface area (Å²) in [4.78, 5) is 9.62. The van der Waals surface area contributed by atoms with E-state index in [1.807, 2.05) is 7.05 Å². The van der Waals surface area contributed by atoms with Gasteiger partial charge in [0.1, 0.15) is 0 Å². The van der Waals surface area contributed by atoms with E-state index in [0.717, 1.165) is 44.8 Å². The van der Waals surface area contributed by atoms with E-state index in [-0.39, 0.29) is 5.54 Å². The van der Waals surface area contributed by atoms with Crippen LogP contribution in [0.4, 0.5) is 0 Å². The maximum atomic E-state index is 5.60. The van der Waals surface area contributed by atoms with Gasteiger partial charge in [0.05, 0.1) is 13.2 Å². The Morgan fingerprint density at radius 3 is 2.72 bits per heavy atom. The number of hydrogen-bond acceptors (Lipinski definition) is 4. The summed E-state index contributed by atoms with van der Waals surface area (Å²) in [5, 5.41) is 7.14. The van der Waals surface area contributed by atoms with Crippen LogP contribution in [-0.4, -0.2) is 86.4 Å². The van der Waals surface area contributed by atoms with Crippen LogP contribution in [0.15, 0.2) is 4.99 Å². The van der Waals surface area contributed by atoms with Gasteiger partial charge in [-0.25, -0.2) is 0 Å². The highest BCUT2D eigenvalue weighted by atomic mass is 16.5. The van der Waals surface area contributed by atoms with Gasteiger partial charge in [0.2, 0.25) is 0 Å². The first-order valence-electron chi connectivity index (χ1n) is 10.1. The summed E-state index contributed by atoms with van der Waals surface area (Å²) in [6.45, 7) is 11.5. The molecule has 2 heterocycles. The van der Waals surface area contributed by atoms with Crippen LogP contribution in [-0.2, 0) is 4.74 Å². The van der Waals surface area contributed by atoms with Crippen LogP contribution in [0.5, 0.6) is 0 Å². The largest absolute Gasteiger partial charge is 0.378 e. The predicted molar refractivity (Wildman–Crippen MR) is 103 cm³/mol. The quantitative estimate of drug-likeness (QED) is 0.577. The third-order valence-electron chi connectivity index (χ3n) is 6.12. The first kappa shape index (κ1) is 18.9. The zero-order valence-electron chi connectivity index (χ0n) is 16.4. The van der Waals surface area contributed by atoms with E-state index < -0.39 is 0 Å². The van der Waals surface area contributed by atoms with Gasteiger partial charge in [-0.1, -0.05) is 12.8 Å². The maximum Gasteiger partial charge on any atom is 0.191 e. The lowest BCUT2D eigenvalue weighted by Gasteiger charge is -2.42. The molecule has 0 amide bonds. The topological polar surface area (TPSA) is 52.1 Å². The van der Waals surface area contributed by atoms with Gasteiger partial charge in [-0.05, 0) is 33.1 Å². The number of nitrogens with zero attached hydrogens (tertiary/aromatic N) is 3. The summed E-state index contributed by atoms with van der Waals surface area (Å²) in [5.41, 5.74) is 0.129. The second kappa shape index (κ2) is 8.69. The molecular weight excluding hydrogens is 314 g/mol. The van der Waals surface area contributed by atoms with Crippen molar-refractivity contribution in [2.45, 2.75) is 63.6 Å². The van der Waals surface area contributed by atoms with E-state index in [9.17, 15) is 0 Å². The Balaban J connectivity index is 1.38. The fourth-order valence-corrected chi connectivity index (χ4v) is 4.51. The van der Waals surface area contributed by atoms with Crippen molar-refractivity contribution >= 4 is 5.96 Å². The normalized spacial score (nSPS) is 29.2. The molecule has 144 valence electrons. The molecular formula is C19H37N5O. The Labute approximate surface area is 153 Å². The average molecular weight is 352 g/mol. The van der Waals surface area contributed by atoms with E-state index in [1.165, 1.54) is 45.2 Å². The van der Waals surface area contributed by atoms with Crippen LogP contribution in [0, 0.1) is 0 Å². The first-order chi connectivity index (χ1) is 12.1. The van der Waals surface area contributed by atoms with E-state index in [0.29, 0.717) is 6.04 Å². The molecule has 6 nitrogen and oxygen atoms in total. The number of aliphatic imine (C=N–C) groups is 1. The predicted octanol–water partition coefficient (Wildman–Crippen LogP) is 1.28. The van der Waals surface area contributed by atoms with Crippen LogP contribution in [0.25, 0.3) is 0 Å². The second-order valence-electron chi connectivity index (χ2n) is 8.41. The Kier molecular flexibility index (Phi) is 6.58. The molecule has 25 heavy (non-hydrogen) atoms. The van der Waals surface area contributed by atoms with Gasteiger partial charge in [-0.3, -0.25) is 14.8 Å². The van der Waals surface area contributed by atoms with Gasteiger partial charge in [-0.15, -0.1) is 0 Å². The molecule has 1 atom stereocenters. The summed E-state index contributed by atoms with van der Waals surface area (Å²) in [6.07, 6.45) is 6.86. The zero-order valence-corrected chi connectivity index (χ0v) is 16.4. The highest BCUT2D eigenvalue weighted by molar-refractivity contribution is 5.80. The molecule has 3 rings (SSSR count). The lowest BCUT2D eigenvalue weighted by Crippen LogP contribution is -2.55. The molecule has 1 saturated carbocycles. The van der Waals surface area contributed by atoms with E-state index in [4.69, 9.17) is 4.74 Å². The fraction of sp³-hybridized carbons (Fsp3) is 0.947. The summed E-state index contributed by atoms with van der Waals surface area (Å²) in [6, 6.07) is 1.37. The summed E-state index contributed by atoms with van der Waals surface area (Å²) >= 11 is 0. The van der Waals surface area contributed by atoms with Crippen LogP contribution in [0.3, 0.4) is 0 Å². The van der Waals surface area contributed by atoms with Gasteiger partial charge in [0.15, 0.2) is 5.96 Å². The summed E-state index contributed by atoms with van der Waals surface area (Å²) in [5.74, 6) is 0.948. The highest BCUT2D eigenvalue weighted by Crippen LogP contribution is 2.26. The molecule has 3 fully saturated rings. The standard InChI is InChI=1S/C19H37N5O/c1-19(2)15-25-13-12-24(19)11-9-21-18(20-3)22-16-8-10-23(14-16)17-6-4-5-7-17/h16-17H,4-15H2,1-3H3,(H2,20,21,22). The highest BCUT2D eigenvalue weighted by Gasteiger charge is 2.31. The van der Waals surface area contributed by atoms with Crippen LogP contribution < -0.4 is 10.6 Å². The molecule has 0 spiro atoms. The molecule has 0 aromatic carbocycles. The number of ether oxygens (including phenoxy) is 1. The van der Waals surface area contributed by atoms with Gasteiger partial charge in [-0.2, -0.15) is 0 Å². The lowest BCUT2D eigenvalue weighted by molar-refractivity contribution is -0.0496. The molecule has 0 bridgehead atoms. The molecule has 3 aliphatic rings. The van der Waals surface area contributed by atoms with Crippen molar-refractivity contribution in [1.29, 1.82) is 0 Å². The fourth-order valence-electron chi connectivity index (χ4n) is 4.51. The number of morpholine rings is 1. The first-order valence-corrected chi connectivity index (χ1v) is 10.1. The van der Waals surface area contributed by atoms with Crippen molar-refractivity contribution in [1.82, 2.24) is 20.4 Å². The Morgan fingerprint density at radius 1 is 1.20 bits per heavy atom. The molecule has 1 unspecified atom stereocenters. The average Bonchev–Trinajstić information content (AvgIpc) is 3.26. The van der Waals surface area contributed by atoms with Gasteiger partial charge in [0.25, 0.3) is 0 Å². The van der Waals surface area contributed by atoms with Crippen LogP contribution in [0.1, 0.15) is 46.0 Å². The van der Waals surface area contributed by atoms with Gasteiger partial charge < -0.3 is 15.4 Å². The number of likely N-dealkylation sites (tertiary alicyclic amines) is 1. The minimum absolute atomic E-state index is 0.129. The van der Waals surface area contributed by atoms with E-state index in [2.05, 4.69) is 39.3 Å². The molecule has 1 aliphatic carbocycles. The Morgan fingerprint density at radius 2 is 2.00 bits per heavy atom. The minimum Gasteiger partial charge on any atom is -0.378 e. The number of rotatable bonds is 5. The maximum absolute atomic E-state index is 5.60. The monoisotopic (exact) mass is 351 g/mol. The molecule has 6 heteroatoms. The zero-order chi connectivity index (χ0) is 17.7.